The summed E-state index contributed by atoms with van der Waals surface area (Å²) < 4.78 is 0. The number of hydrogen-bond acceptors (Lipinski definition) is 3. The minimum absolute atomic E-state index is 0.338. The molecule has 0 fully saturated rings. The van der Waals surface area contributed by atoms with Gasteiger partial charge in [0.2, 0.25) is 0 Å². The summed E-state index contributed by atoms with van der Waals surface area (Å²) in [7, 11) is 2.27. The van der Waals surface area contributed by atoms with E-state index in [4.69, 9.17) is 0 Å². The van der Waals surface area contributed by atoms with Gasteiger partial charge in [0.25, 0.3) is 0 Å². The molecule has 0 aromatic carbocycles. The molecule has 0 heterocycles. The van der Waals surface area contributed by atoms with Crippen molar-refractivity contribution in [3.63, 3.8) is 0 Å². The summed E-state index contributed by atoms with van der Waals surface area (Å²) in [5.41, 5.74) is 0.338. The molecule has 0 radical (unpaired) electrons. The fourth-order valence-corrected chi connectivity index (χ4v) is 2.96. The fraction of sp³-hybridized carbons (Fsp3) is 1.00. The van der Waals surface area contributed by atoms with E-state index in [9.17, 15) is 0 Å². The van der Waals surface area contributed by atoms with E-state index in [-0.39, 0.29) is 0 Å². The van der Waals surface area contributed by atoms with Crippen molar-refractivity contribution in [2.24, 2.45) is 5.41 Å². The maximum Gasteiger partial charge on any atom is 0.0180 e. The lowest BCUT2D eigenvalue weighted by molar-refractivity contribution is 0.163. The van der Waals surface area contributed by atoms with Gasteiger partial charge in [0, 0.05) is 30.9 Å². The highest BCUT2D eigenvalue weighted by Gasteiger charge is 2.23. The summed E-state index contributed by atoms with van der Waals surface area (Å²) in [4.78, 5) is 2.53. The molecule has 0 saturated heterocycles. The van der Waals surface area contributed by atoms with Crippen LogP contribution < -0.4 is 5.32 Å². The Hall–Kier alpha value is 0.270. The highest BCUT2D eigenvalue weighted by Crippen LogP contribution is 2.19. The lowest BCUT2D eigenvalue weighted by Gasteiger charge is -2.35. The second kappa shape index (κ2) is 8.39. The molecule has 1 N–H and O–H groups in total. The molecule has 1 atom stereocenters. The van der Waals surface area contributed by atoms with Crippen LogP contribution in [0, 0.1) is 5.41 Å². The van der Waals surface area contributed by atoms with E-state index in [0.29, 0.717) is 17.5 Å². The monoisotopic (exact) mass is 260 g/mol. The average molecular weight is 260 g/mol. The van der Waals surface area contributed by atoms with Crippen LogP contribution in [0.1, 0.15) is 41.0 Å². The van der Waals surface area contributed by atoms with Gasteiger partial charge in [-0.05, 0) is 25.1 Å². The van der Waals surface area contributed by atoms with Crippen molar-refractivity contribution in [1.82, 2.24) is 10.2 Å². The third-order valence-corrected chi connectivity index (χ3v) is 3.84. The summed E-state index contributed by atoms with van der Waals surface area (Å²) in [6.07, 6.45) is 3.44. The van der Waals surface area contributed by atoms with Crippen molar-refractivity contribution in [3.8, 4) is 0 Å². The van der Waals surface area contributed by atoms with Crippen LogP contribution in [-0.2, 0) is 0 Å². The number of rotatable bonds is 9. The van der Waals surface area contributed by atoms with E-state index in [1.54, 1.807) is 0 Å². The largest absolute Gasteiger partial charge is 0.314 e. The molecule has 3 heteroatoms. The van der Waals surface area contributed by atoms with Gasteiger partial charge in [0.05, 0.1) is 0 Å². The van der Waals surface area contributed by atoms with Gasteiger partial charge >= 0.3 is 0 Å². The topological polar surface area (TPSA) is 15.3 Å². The predicted molar refractivity (Wildman–Crippen MR) is 82.0 cm³/mol. The zero-order chi connectivity index (χ0) is 13.5. The van der Waals surface area contributed by atoms with Crippen LogP contribution in [0.25, 0.3) is 0 Å². The molecule has 0 aliphatic carbocycles. The smallest absolute Gasteiger partial charge is 0.0180 e. The van der Waals surface area contributed by atoms with E-state index < -0.39 is 0 Å². The number of thioether (sulfide) groups is 1. The highest BCUT2D eigenvalue weighted by molar-refractivity contribution is 7.98. The molecule has 0 bridgehead atoms. The Labute approximate surface area is 113 Å². The molecule has 0 amide bonds. The van der Waals surface area contributed by atoms with Crippen molar-refractivity contribution in [1.29, 1.82) is 0 Å². The van der Waals surface area contributed by atoms with Crippen LogP contribution in [0.15, 0.2) is 0 Å². The van der Waals surface area contributed by atoms with Crippen LogP contribution in [-0.4, -0.2) is 49.1 Å². The van der Waals surface area contributed by atoms with Gasteiger partial charge in [0.1, 0.15) is 0 Å². The SMILES string of the molecule is CCC(CSC)N(C)CC(C)(C)CNC(C)C. The van der Waals surface area contributed by atoms with Crippen LogP contribution in [0.4, 0.5) is 0 Å². The van der Waals surface area contributed by atoms with Crippen molar-refractivity contribution < 1.29 is 0 Å². The van der Waals surface area contributed by atoms with E-state index in [0.717, 1.165) is 13.1 Å². The quantitative estimate of drug-likeness (QED) is 0.686. The molecule has 2 nitrogen and oxygen atoms in total. The standard InChI is InChI=1S/C14H32N2S/c1-8-13(9-17-7)16(6)11-14(4,5)10-15-12(2)3/h12-13,15H,8-11H2,1-7H3. The first-order valence-corrected chi connectivity index (χ1v) is 8.14. The summed E-state index contributed by atoms with van der Waals surface area (Å²) in [6.45, 7) is 13.7. The summed E-state index contributed by atoms with van der Waals surface area (Å²) >= 11 is 1.95. The van der Waals surface area contributed by atoms with Crippen LogP contribution in [0.5, 0.6) is 0 Å². The zero-order valence-corrected chi connectivity index (χ0v) is 13.7. The molecule has 0 aromatic rings. The van der Waals surface area contributed by atoms with Crippen molar-refractivity contribution in [3.05, 3.63) is 0 Å². The third-order valence-electron chi connectivity index (χ3n) is 3.12. The maximum atomic E-state index is 3.55. The minimum Gasteiger partial charge on any atom is -0.314 e. The van der Waals surface area contributed by atoms with Gasteiger partial charge in [-0.1, -0.05) is 34.6 Å². The van der Waals surface area contributed by atoms with Gasteiger partial charge < -0.3 is 10.2 Å². The van der Waals surface area contributed by atoms with E-state index in [1.807, 2.05) is 11.8 Å². The lowest BCUT2D eigenvalue weighted by atomic mass is 9.92. The van der Waals surface area contributed by atoms with Crippen molar-refractivity contribution >= 4 is 11.8 Å². The van der Waals surface area contributed by atoms with Crippen LogP contribution in [0.2, 0.25) is 0 Å². The Morgan fingerprint density at radius 3 is 2.29 bits per heavy atom. The molecule has 0 aliphatic rings. The Morgan fingerprint density at radius 1 is 1.29 bits per heavy atom. The normalized spacial score (nSPS) is 14.6. The first-order chi connectivity index (χ1) is 7.82. The third kappa shape index (κ3) is 8.06. The van der Waals surface area contributed by atoms with Crippen molar-refractivity contribution in [2.45, 2.75) is 53.1 Å². The number of hydrogen-bond donors (Lipinski definition) is 1. The molecule has 1 unspecified atom stereocenters. The molecule has 0 aliphatic heterocycles. The minimum atomic E-state index is 0.338. The van der Waals surface area contributed by atoms with E-state index >= 15 is 0 Å². The first-order valence-electron chi connectivity index (χ1n) is 6.75. The Kier molecular flexibility index (Phi) is 8.52. The van der Waals surface area contributed by atoms with Gasteiger partial charge in [-0.25, -0.2) is 0 Å². The Morgan fingerprint density at radius 2 is 1.88 bits per heavy atom. The number of nitrogens with one attached hydrogen (secondary N) is 1. The lowest BCUT2D eigenvalue weighted by Crippen LogP contribution is -2.44. The molecular formula is C14H32N2S. The molecule has 0 spiro atoms. The van der Waals surface area contributed by atoms with Crippen molar-refractivity contribution in [2.75, 3.05) is 32.1 Å². The van der Waals surface area contributed by atoms with Gasteiger partial charge in [0.15, 0.2) is 0 Å². The number of nitrogens with zero attached hydrogens (tertiary/aromatic N) is 1. The molecule has 0 saturated carbocycles. The molecule has 0 rings (SSSR count). The summed E-state index contributed by atoms with van der Waals surface area (Å²) in [6, 6.07) is 1.29. The molecular weight excluding hydrogens is 228 g/mol. The van der Waals surface area contributed by atoms with Gasteiger partial charge in [-0.2, -0.15) is 11.8 Å². The average Bonchev–Trinajstić information content (AvgIpc) is 2.22. The van der Waals surface area contributed by atoms with Crippen LogP contribution in [0.3, 0.4) is 0 Å². The predicted octanol–water partition coefficient (Wildman–Crippen LogP) is 3.08. The molecule has 0 aromatic heterocycles. The Bertz CT molecular complexity index is 193. The maximum absolute atomic E-state index is 3.55. The van der Waals surface area contributed by atoms with Gasteiger partial charge in [-0.15, -0.1) is 0 Å². The highest BCUT2D eigenvalue weighted by atomic mass is 32.2. The molecule has 104 valence electrons. The second-order valence-corrected chi connectivity index (χ2v) is 7.04. The fourth-order valence-electron chi connectivity index (χ4n) is 2.09. The first kappa shape index (κ1) is 17.3. The second-order valence-electron chi connectivity index (χ2n) is 6.13. The summed E-state index contributed by atoms with van der Waals surface area (Å²) in [5.74, 6) is 1.24. The van der Waals surface area contributed by atoms with E-state index in [1.165, 1.54) is 12.2 Å². The summed E-state index contributed by atoms with van der Waals surface area (Å²) in [5, 5.41) is 3.55. The van der Waals surface area contributed by atoms with Gasteiger partial charge in [-0.3, -0.25) is 0 Å². The van der Waals surface area contributed by atoms with E-state index in [2.05, 4.69) is 58.1 Å². The molecule has 17 heavy (non-hydrogen) atoms. The Balaban J connectivity index is 4.18. The zero-order valence-electron chi connectivity index (χ0n) is 12.8. The van der Waals surface area contributed by atoms with Crippen LogP contribution >= 0.6 is 11.8 Å².